The Balaban J connectivity index is 2.10. The molecule has 0 saturated heterocycles. The van der Waals surface area contributed by atoms with E-state index in [1.54, 1.807) is 24.3 Å². The predicted molar refractivity (Wildman–Crippen MR) is 91.7 cm³/mol. The number of halogens is 2. The molecule has 0 spiro atoms. The van der Waals surface area contributed by atoms with Crippen molar-refractivity contribution in [2.75, 3.05) is 18.1 Å². The number of nitrogens with zero attached hydrogens (tertiary/aromatic N) is 1. The van der Waals surface area contributed by atoms with Crippen LogP contribution in [0.4, 0.5) is 10.1 Å². The van der Waals surface area contributed by atoms with Crippen LogP contribution in [0.1, 0.15) is 5.56 Å². The van der Waals surface area contributed by atoms with Gasteiger partial charge in [0.05, 0.1) is 12.8 Å². The number of rotatable bonds is 6. The third kappa shape index (κ3) is 5.30. The van der Waals surface area contributed by atoms with Gasteiger partial charge in [-0.3, -0.25) is 4.79 Å². The number of hydrogen-bond donors (Lipinski definition) is 1. The lowest BCUT2D eigenvalue weighted by Gasteiger charge is -2.20. The van der Waals surface area contributed by atoms with Crippen molar-refractivity contribution in [1.29, 1.82) is 0 Å². The Morgan fingerprint density at radius 1 is 1.17 bits per heavy atom. The average Bonchev–Trinajstić information content (AvgIpc) is 2.50. The third-order valence-electron chi connectivity index (χ3n) is 3.22. The second-order valence-corrected chi connectivity index (χ2v) is 7.57. The van der Waals surface area contributed by atoms with Crippen LogP contribution >= 0.6 is 11.6 Å². The summed E-state index contributed by atoms with van der Waals surface area (Å²) in [6.45, 7) is -0.392. The van der Waals surface area contributed by atoms with Gasteiger partial charge in [-0.2, -0.15) is 4.31 Å². The number of carbonyl (C=O) groups is 1. The van der Waals surface area contributed by atoms with Crippen molar-refractivity contribution < 1.29 is 17.6 Å². The maximum atomic E-state index is 12.9. The van der Waals surface area contributed by atoms with Crippen LogP contribution in [0.3, 0.4) is 0 Å². The monoisotopic (exact) mass is 370 g/mol. The summed E-state index contributed by atoms with van der Waals surface area (Å²) in [6, 6.07) is 12.0. The van der Waals surface area contributed by atoms with Crippen molar-refractivity contribution in [2.45, 2.75) is 6.54 Å². The summed E-state index contributed by atoms with van der Waals surface area (Å²) >= 11 is 6.04. The normalized spacial score (nSPS) is 11.5. The summed E-state index contributed by atoms with van der Waals surface area (Å²) in [5.74, 6) is -0.955. The Labute approximate surface area is 145 Å². The number of benzene rings is 2. The molecule has 0 aliphatic heterocycles. The molecule has 2 aromatic rings. The average molecular weight is 371 g/mol. The van der Waals surface area contributed by atoms with Gasteiger partial charge in [-0.25, -0.2) is 12.8 Å². The summed E-state index contributed by atoms with van der Waals surface area (Å²) in [7, 11) is -3.62. The van der Waals surface area contributed by atoms with Crippen LogP contribution in [0, 0.1) is 5.82 Å². The van der Waals surface area contributed by atoms with Gasteiger partial charge in [0, 0.05) is 17.3 Å². The lowest BCUT2D eigenvalue weighted by molar-refractivity contribution is -0.116. The van der Waals surface area contributed by atoms with Crippen molar-refractivity contribution in [3.63, 3.8) is 0 Å². The molecule has 0 aromatic heterocycles. The van der Waals surface area contributed by atoms with Crippen molar-refractivity contribution in [1.82, 2.24) is 4.31 Å². The van der Waals surface area contributed by atoms with E-state index in [2.05, 4.69) is 5.32 Å². The van der Waals surface area contributed by atoms with Crippen molar-refractivity contribution in [2.24, 2.45) is 0 Å². The van der Waals surface area contributed by atoms with E-state index in [9.17, 15) is 17.6 Å². The fraction of sp³-hybridized carbons (Fsp3) is 0.188. The van der Waals surface area contributed by atoms with Gasteiger partial charge >= 0.3 is 0 Å². The summed E-state index contributed by atoms with van der Waals surface area (Å²) in [4.78, 5) is 12.1. The molecule has 0 saturated carbocycles. The Bertz CT molecular complexity index is 825. The lowest BCUT2D eigenvalue weighted by Crippen LogP contribution is -2.37. The summed E-state index contributed by atoms with van der Waals surface area (Å²) in [5.41, 5.74) is 0.978. The number of carbonyl (C=O) groups excluding carboxylic acids is 1. The molecule has 0 atom stereocenters. The van der Waals surface area contributed by atoms with E-state index in [1.807, 2.05) is 0 Å². The molecule has 0 bridgehead atoms. The van der Waals surface area contributed by atoms with E-state index in [4.69, 9.17) is 11.6 Å². The zero-order valence-corrected chi connectivity index (χ0v) is 14.4. The second kappa shape index (κ2) is 7.74. The lowest BCUT2D eigenvalue weighted by atomic mass is 10.2. The van der Waals surface area contributed by atoms with Gasteiger partial charge in [0.15, 0.2) is 0 Å². The van der Waals surface area contributed by atoms with Crippen molar-refractivity contribution in [3.05, 3.63) is 64.9 Å². The first-order chi connectivity index (χ1) is 11.3. The molecular formula is C16H16ClFN2O3S. The Kier molecular flexibility index (Phi) is 5.93. The van der Waals surface area contributed by atoms with Crippen molar-refractivity contribution in [3.8, 4) is 0 Å². The predicted octanol–water partition coefficient (Wildman–Crippen LogP) is 2.88. The second-order valence-electron chi connectivity index (χ2n) is 5.18. The molecular weight excluding hydrogens is 355 g/mol. The Hall–Kier alpha value is -1.96. The molecule has 128 valence electrons. The standard InChI is InChI=1S/C16H16ClFN2O3S/c1-24(22,23)20(10-12-4-2-3-5-15(12)17)11-16(21)19-14-8-6-13(18)7-9-14/h2-9H,10-11H2,1H3,(H,19,21). The van der Waals surface area contributed by atoms with Gasteiger partial charge in [-0.05, 0) is 35.9 Å². The molecule has 0 aliphatic carbocycles. The molecule has 0 fully saturated rings. The Morgan fingerprint density at radius 2 is 1.79 bits per heavy atom. The zero-order chi connectivity index (χ0) is 17.7. The molecule has 2 aromatic carbocycles. The first kappa shape index (κ1) is 18.4. The molecule has 0 aliphatic rings. The maximum absolute atomic E-state index is 12.9. The first-order valence-corrected chi connectivity index (χ1v) is 9.22. The van der Waals surface area contributed by atoms with Crippen LogP contribution in [0.5, 0.6) is 0 Å². The number of hydrogen-bond acceptors (Lipinski definition) is 3. The zero-order valence-electron chi connectivity index (χ0n) is 12.9. The fourth-order valence-corrected chi connectivity index (χ4v) is 2.92. The highest BCUT2D eigenvalue weighted by molar-refractivity contribution is 7.88. The number of nitrogens with one attached hydrogen (secondary N) is 1. The van der Waals surface area contributed by atoms with Gasteiger partial charge in [-0.15, -0.1) is 0 Å². The van der Waals surface area contributed by atoms with E-state index in [-0.39, 0.29) is 13.1 Å². The van der Waals surface area contributed by atoms with Crippen LogP contribution in [0.15, 0.2) is 48.5 Å². The summed E-state index contributed by atoms with van der Waals surface area (Å²) < 4.78 is 37.7. The molecule has 24 heavy (non-hydrogen) atoms. The largest absolute Gasteiger partial charge is 0.325 e. The number of amides is 1. The quantitative estimate of drug-likeness (QED) is 0.850. The van der Waals surface area contributed by atoms with Crippen LogP contribution in [-0.4, -0.2) is 31.4 Å². The van der Waals surface area contributed by atoms with Gasteiger partial charge in [0.1, 0.15) is 5.82 Å². The highest BCUT2D eigenvalue weighted by Crippen LogP contribution is 2.18. The van der Waals surface area contributed by atoms with E-state index in [1.165, 1.54) is 24.3 Å². The van der Waals surface area contributed by atoms with E-state index < -0.39 is 21.7 Å². The number of anilines is 1. The molecule has 8 heteroatoms. The first-order valence-electron chi connectivity index (χ1n) is 6.99. The maximum Gasteiger partial charge on any atom is 0.239 e. The van der Waals surface area contributed by atoms with E-state index in [0.29, 0.717) is 16.3 Å². The van der Waals surface area contributed by atoms with Gasteiger partial charge in [-0.1, -0.05) is 29.8 Å². The highest BCUT2D eigenvalue weighted by Gasteiger charge is 2.21. The van der Waals surface area contributed by atoms with Gasteiger partial charge < -0.3 is 5.32 Å². The van der Waals surface area contributed by atoms with E-state index >= 15 is 0 Å². The van der Waals surface area contributed by atoms with Gasteiger partial charge in [0.25, 0.3) is 0 Å². The molecule has 1 N–H and O–H groups in total. The summed E-state index contributed by atoms with van der Waals surface area (Å²) in [6.07, 6.45) is 1.02. The molecule has 5 nitrogen and oxygen atoms in total. The van der Waals surface area contributed by atoms with Crippen LogP contribution < -0.4 is 5.32 Å². The van der Waals surface area contributed by atoms with Crippen LogP contribution in [-0.2, 0) is 21.4 Å². The third-order valence-corrected chi connectivity index (χ3v) is 4.79. The van der Waals surface area contributed by atoms with Gasteiger partial charge in [0.2, 0.25) is 15.9 Å². The fourth-order valence-electron chi connectivity index (χ4n) is 2.00. The molecule has 0 radical (unpaired) electrons. The minimum atomic E-state index is -3.62. The minimum absolute atomic E-state index is 0.0185. The highest BCUT2D eigenvalue weighted by atomic mass is 35.5. The summed E-state index contributed by atoms with van der Waals surface area (Å²) in [5, 5.41) is 2.95. The smallest absolute Gasteiger partial charge is 0.239 e. The van der Waals surface area contributed by atoms with Crippen molar-refractivity contribution >= 4 is 33.2 Å². The van der Waals surface area contributed by atoms with Crippen LogP contribution in [0.25, 0.3) is 0 Å². The molecule has 1 amide bonds. The number of sulfonamides is 1. The molecule has 0 heterocycles. The van der Waals surface area contributed by atoms with Crippen LogP contribution in [0.2, 0.25) is 5.02 Å². The SMILES string of the molecule is CS(=O)(=O)N(CC(=O)Nc1ccc(F)cc1)Cc1ccccc1Cl. The minimum Gasteiger partial charge on any atom is -0.325 e. The molecule has 0 unspecified atom stereocenters. The molecule has 2 rings (SSSR count). The Morgan fingerprint density at radius 3 is 2.38 bits per heavy atom. The van der Waals surface area contributed by atoms with E-state index in [0.717, 1.165) is 10.6 Å². The topological polar surface area (TPSA) is 66.5 Å².